The molecule has 10 nitrogen and oxygen atoms in total. The van der Waals surface area contributed by atoms with Gasteiger partial charge in [0, 0.05) is 51.5 Å². The summed E-state index contributed by atoms with van der Waals surface area (Å²) < 4.78 is 5.07. The molecule has 1 heterocycles. The molecule has 1 aromatic carbocycles. The Kier molecular flexibility index (Phi) is 7.54. The number of piperazine rings is 1. The lowest BCUT2D eigenvalue weighted by atomic mass is 10.2. The van der Waals surface area contributed by atoms with E-state index in [1.807, 2.05) is 6.07 Å². The molecule has 0 aromatic heterocycles. The topological polar surface area (TPSA) is 133 Å². The Bertz CT molecular complexity index is 752. The van der Waals surface area contributed by atoms with Crippen molar-refractivity contribution in [2.45, 2.75) is 0 Å². The Morgan fingerprint density at radius 1 is 1.48 bits per heavy atom. The number of nitriles is 1. The van der Waals surface area contributed by atoms with Crippen LogP contribution in [0, 0.1) is 21.4 Å². The molecule has 10 heteroatoms. The quantitative estimate of drug-likeness (QED) is 0.196. The molecular formula is C17H22N6O4. The minimum Gasteiger partial charge on any atom is -0.494 e. The Hall–Kier alpha value is -3.16. The Labute approximate surface area is 156 Å². The number of carbonyl (C=O) groups excluding carboxylic acids is 1. The van der Waals surface area contributed by atoms with E-state index in [0.29, 0.717) is 6.54 Å². The normalized spacial score (nSPS) is 14.9. The van der Waals surface area contributed by atoms with Gasteiger partial charge in [-0.2, -0.15) is 5.26 Å². The molecule has 0 unspecified atom stereocenters. The molecule has 0 atom stereocenters. The largest absolute Gasteiger partial charge is 0.494 e. The van der Waals surface area contributed by atoms with Gasteiger partial charge >= 0.3 is 0 Å². The number of nitro benzene ring substituents is 1. The van der Waals surface area contributed by atoms with E-state index in [0.717, 1.165) is 32.7 Å². The number of amides is 1. The number of methoxy groups -OCH3 is 1. The van der Waals surface area contributed by atoms with Gasteiger partial charge in [0.15, 0.2) is 0 Å². The molecular weight excluding hydrogens is 352 g/mol. The van der Waals surface area contributed by atoms with Gasteiger partial charge in [-0.3, -0.25) is 19.8 Å². The summed E-state index contributed by atoms with van der Waals surface area (Å²) in [5.41, 5.74) is -0.0127. The fourth-order valence-electron chi connectivity index (χ4n) is 2.57. The first-order valence-electron chi connectivity index (χ1n) is 8.45. The average Bonchev–Trinajstić information content (AvgIpc) is 2.68. The van der Waals surface area contributed by atoms with Gasteiger partial charge in [-0.1, -0.05) is 0 Å². The van der Waals surface area contributed by atoms with Crippen LogP contribution in [0.5, 0.6) is 5.75 Å². The fraction of sp³-hybridized carbons (Fsp3) is 0.412. The highest BCUT2D eigenvalue weighted by Crippen LogP contribution is 2.29. The second-order valence-electron chi connectivity index (χ2n) is 5.81. The highest BCUT2D eigenvalue weighted by atomic mass is 16.6. The number of hydrogen-bond donors (Lipinski definition) is 3. The van der Waals surface area contributed by atoms with Gasteiger partial charge in [-0.25, -0.2) is 0 Å². The second-order valence-corrected chi connectivity index (χ2v) is 5.81. The SMILES string of the molecule is COc1cc([N+](=O)[O-])ccc1NC(=O)/C(C#N)=C\NCCN1CCNCC1. The number of nitro groups is 1. The molecule has 0 saturated carbocycles. The first kappa shape index (κ1) is 20.2. The fourth-order valence-corrected chi connectivity index (χ4v) is 2.57. The van der Waals surface area contributed by atoms with E-state index in [-0.39, 0.29) is 22.7 Å². The van der Waals surface area contributed by atoms with Crippen LogP contribution < -0.4 is 20.7 Å². The van der Waals surface area contributed by atoms with Crippen LogP contribution in [-0.4, -0.2) is 62.1 Å². The molecule has 1 aromatic rings. The van der Waals surface area contributed by atoms with Crippen molar-refractivity contribution in [3.8, 4) is 11.8 Å². The molecule has 2 rings (SSSR count). The summed E-state index contributed by atoms with van der Waals surface area (Å²) in [6.07, 6.45) is 1.37. The summed E-state index contributed by atoms with van der Waals surface area (Å²) in [6.45, 7) is 5.28. The van der Waals surface area contributed by atoms with Crippen molar-refractivity contribution in [2.24, 2.45) is 0 Å². The zero-order chi connectivity index (χ0) is 19.6. The molecule has 1 saturated heterocycles. The van der Waals surface area contributed by atoms with Gasteiger partial charge in [0.25, 0.3) is 11.6 Å². The molecule has 27 heavy (non-hydrogen) atoms. The van der Waals surface area contributed by atoms with E-state index >= 15 is 0 Å². The number of nitrogens with zero attached hydrogens (tertiary/aromatic N) is 3. The number of nitrogens with one attached hydrogen (secondary N) is 3. The lowest BCUT2D eigenvalue weighted by Gasteiger charge is -2.26. The maximum Gasteiger partial charge on any atom is 0.273 e. The van der Waals surface area contributed by atoms with Crippen molar-refractivity contribution in [1.29, 1.82) is 5.26 Å². The molecule has 0 spiro atoms. The number of benzene rings is 1. The predicted octanol–water partition coefficient (Wildman–Crippen LogP) is 0.444. The maximum atomic E-state index is 12.3. The first-order chi connectivity index (χ1) is 13.0. The zero-order valence-electron chi connectivity index (χ0n) is 15.0. The molecule has 1 fully saturated rings. The minimum atomic E-state index is -0.626. The summed E-state index contributed by atoms with van der Waals surface area (Å²) in [7, 11) is 1.34. The second kappa shape index (κ2) is 10.1. The number of non-ortho nitro benzene ring substituents is 1. The lowest BCUT2D eigenvalue weighted by Crippen LogP contribution is -2.45. The summed E-state index contributed by atoms with van der Waals surface area (Å²) >= 11 is 0. The maximum absolute atomic E-state index is 12.3. The third-order valence-electron chi connectivity index (χ3n) is 4.04. The van der Waals surface area contributed by atoms with E-state index in [2.05, 4.69) is 20.9 Å². The van der Waals surface area contributed by atoms with Crippen LogP contribution in [0.4, 0.5) is 11.4 Å². The average molecular weight is 374 g/mol. The van der Waals surface area contributed by atoms with Gasteiger partial charge in [0.2, 0.25) is 0 Å². The Morgan fingerprint density at radius 3 is 2.85 bits per heavy atom. The van der Waals surface area contributed by atoms with Crippen molar-refractivity contribution < 1.29 is 14.5 Å². The molecule has 1 amide bonds. The van der Waals surface area contributed by atoms with E-state index in [9.17, 15) is 20.2 Å². The van der Waals surface area contributed by atoms with Crippen LogP contribution in [-0.2, 0) is 4.79 Å². The number of ether oxygens (including phenoxy) is 1. The lowest BCUT2D eigenvalue weighted by molar-refractivity contribution is -0.384. The van der Waals surface area contributed by atoms with Gasteiger partial charge < -0.3 is 20.7 Å². The van der Waals surface area contributed by atoms with Gasteiger partial charge in [0.1, 0.15) is 17.4 Å². The van der Waals surface area contributed by atoms with Gasteiger partial charge in [0.05, 0.1) is 23.8 Å². The van der Waals surface area contributed by atoms with Crippen molar-refractivity contribution in [1.82, 2.24) is 15.5 Å². The van der Waals surface area contributed by atoms with E-state index < -0.39 is 10.8 Å². The summed E-state index contributed by atoms with van der Waals surface area (Å²) in [6, 6.07) is 5.66. The Morgan fingerprint density at radius 2 is 2.22 bits per heavy atom. The van der Waals surface area contributed by atoms with Crippen molar-refractivity contribution >= 4 is 17.3 Å². The highest BCUT2D eigenvalue weighted by molar-refractivity contribution is 6.07. The number of anilines is 1. The third-order valence-corrected chi connectivity index (χ3v) is 4.04. The third kappa shape index (κ3) is 5.95. The van der Waals surface area contributed by atoms with Crippen LogP contribution in [0.25, 0.3) is 0 Å². The van der Waals surface area contributed by atoms with Crippen LogP contribution in [0.3, 0.4) is 0 Å². The van der Waals surface area contributed by atoms with E-state index in [1.54, 1.807) is 0 Å². The minimum absolute atomic E-state index is 0.101. The monoisotopic (exact) mass is 374 g/mol. The smallest absolute Gasteiger partial charge is 0.273 e. The van der Waals surface area contributed by atoms with Crippen LogP contribution >= 0.6 is 0 Å². The number of rotatable bonds is 8. The highest BCUT2D eigenvalue weighted by Gasteiger charge is 2.16. The predicted molar refractivity (Wildman–Crippen MR) is 99.3 cm³/mol. The van der Waals surface area contributed by atoms with Gasteiger partial charge in [-0.05, 0) is 6.07 Å². The van der Waals surface area contributed by atoms with Crippen LogP contribution in [0.2, 0.25) is 0 Å². The van der Waals surface area contributed by atoms with Crippen molar-refractivity contribution in [3.05, 3.63) is 40.1 Å². The Balaban J connectivity index is 1.94. The molecule has 1 aliphatic rings. The molecule has 0 aliphatic carbocycles. The van der Waals surface area contributed by atoms with Gasteiger partial charge in [-0.15, -0.1) is 0 Å². The molecule has 0 bridgehead atoms. The standard InChI is InChI=1S/C17H22N6O4/c1-27-16-10-14(23(25)26)2-3-15(16)21-17(24)13(11-18)12-20-6-9-22-7-4-19-5-8-22/h2-3,10,12,19-20H,4-9H2,1H3,(H,21,24)/b13-12-. The zero-order valence-corrected chi connectivity index (χ0v) is 15.0. The number of carbonyl (C=O) groups is 1. The molecule has 1 aliphatic heterocycles. The van der Waals surface area contributed by atoms with E-state index in [4.69, 9.17) is 4.74 Å². The van der Waals surface area contributed by atoms with Crippen molar-refractivity contribution in [3.63, 3.8) is 0 Å². The summed E-state index contributed by atoms with van der Waals surface area (Å²) in [4.78, 5) is 24.8. The van der Waals surface area contributed by atoms with E-state index in [1.165, 1.54) is 31.5 Å². The molecule has 144 valence electrons. The van der Waals surface area contributed by atoms with Crippen molar-refractivity contribution in [2.75, 3.05) is 51.7 Å². The van der Waals surface area contributed by atoms with Crippen LogP contribution in [0.1, 0.15) is 0 Å². The number of hydrogen-bond acceptors (Lipinski definition) is 8. The molecule has 0 radical (unpaired) electrons. The summed E-state index contributed by atoms with van der Waals surface area (Å²) in [5, 5.41) is 28.8. The molecule has 3 N–H and O–H groups in total. The van der Waals surface area contributed by atoms with Crippen LogP contribution in [0.15, 0.2) is 30.0 Å². The first-order valence-corrected chi connectivity index (χ1v) is 8.45. The summed E-state index contributed by atoms with van der Waals surface area (Å²) in [5.74, 6) is -0.485.